The molecule has 0 amide bonds. The van der Waals surface area contributed by atoms with Gasteiger partial charge >= 0.3 is 0 Å². The molecule has 0 aliphatic carbocycles. The van der Waals surface area contributed by atoms with Gasteiger partial charge in [-0.3, -0.25) is 0 Å². The Morgan fingerprint density at radius 2 is 1.79 bits per heavy atom. The second kappa shape index (κ2) is 8.99. The van der Waals surface area contributed by atoms with Crippen LogP contribution in [0.2, 0.25) is 0 Å². The highest BCUT2D eigenvalue weighted by atomic mass is 32.1. The number of aryl methyl sites for hydroxylation is 3. The van der Waals surface area contributed by atoms with Crippen LogP contribution in [0.3, 0.4) is 0 Å². The number of benzene rings is 2. The maximum absolute atomic E-state index is 11.2. The number of hydrogen-bond acceptors (Lipinski definition) is 3. The molecule has 0 aliphatic heterocycles. The molecule has 0 saturated heterocycles. The minimum absolute atomic E-state index is 0.0679. The molecule has 3 aromatic rings. The van der Waals surface area contributed by atoms with E-state index in [1.54, 1.807) is 17.0 Å². The van der Waals surface area contributed by atoms with Gasteiger partial charge in [-0.2, -0.15) is 4.57 Å². The van der Waals surface area contributed by atoms with Gasteiger partial charge in [0.2, 0.25) is 0 Å². The predicted molar refractivity (Wildman–Crippen MR) is 122 cm³/mol. The van der Waals surface area contributed by atoms with Crippen molar-refractivity contribution in [3.05, 3.63) is 94.8 Å². The van der Waals surface area contributed by atoms with E-state index in [9.17, 15) is 10.2 Å². The molecule has 1 heterocycles. The maximum atomic E-state index is 11.2. The van der Waals surface area contributed by atoms with Crippen LogP contribution in [0, 0.1) is 20.8 Å². The van der Waals surface area contributed by atoms with E-state index in [1.807, 2.05) is 75.4 Å². The Kier molecular flexibility index (Phi) is 6.42. The average molecular weight is 406 g/mol. The number of aromatic nitrogens is 1. The minimum atomic E-state index is -0.101. The van der Waals surface area contributed by atoms with Crippen molar-refractivity contribution in [1.82, 2.24) is 0 Å². The van der Waals surface area contributed by atoms with Gasteiger partial charge in [0.1, 0.15) is 0 Å². The summed E-state index contributed by atoms with van der Waals surface area (Å²) in [4.78, 5) is 0.381. The van der Waals surface area contributed by atoms with Gasteiger partial charge in [-0.1, -0.05) is 36.5 Å². The summed E-state index contributed by atoms with van der Waals surface area (Å²) < 4.78 is 1.74. The van der Waals surface area contributed by atoms with Crippen LogP contribution in [0.4, 0.5) is 5.69 Å². The summed E-state index contributed by atoms with van der Waals surface area (Å²) in [5.74, 6) is 0.0679. The highest BCUT2D eigenvalue weighted by molar-refractivity contribution is 7.81. The molecule has 0 unspecified atom stereocenters. The van der Waals surface area contributed by atoms with Crippen molar-refractivity contribution < 1.29 is 14.8 Å². The van der Waals surface area contributed by atoms with E-state index in [4.69, 9.17) is 12.2 Å². The van der Waals surface area contributed by atoms with E-state index in [-0.39, 0.29) is 12.4 Å². The topological polar surface area (TPSA) is 56.4 Å². The highest BCUT2D eigenvalue weighted by Gasteiger charge is 2.24. The number of pyridine rings is 1. The van der Waals surface area contributed by atoms with E-state index in [0.717, 1.165) is 27.9 Å². The van der Waals surface area contributed by atoms with Crippen LogP contribution in [-0.2, 0) is 6.61 Å². The normalized spacial score (nSPS) is 11.7. The highest BCUT2D eigenvalue weighted by Crippen LogP contribution is 2.22. The van der Waals surface area contributed by atoms with E-state index in [1.165, 1.54) is 0 Å². The third kappa shape index (κ3) is 4.88. The van der Waals surface area contributed by atoms with Gasteiger partial charge < -0.3 is 15.5 Å². The van der Waals surface area contributed by atoms with Crippen molar-refractivity contribution in [2.45, 2.75) is 27.4 Å². The van der Waals surface area contributed by atoms with Gasteiger partial charge in [0.25, 0.3) is 5.70 Å². The van der Waals surface area contributed by atoms with Crippen molar-refractivity contribution in [2.75, 3.05) is 5.32 Å². The zero-order valence-electron chi connectivity index (χ0n) is 16.8. The van der Waals surface area contributed by atoms with Gasteiger partial charge in [-0.15, -0.1) is 0 Å². The molecule has 1 aromatic heterocycles. The maximum Gasteiger partial charge on any atom is 0.288 e. The first-order valence-electron chi connectivity index (χ1n) is 9.39. The van der Waals surface area contributed by atoms with E-state index < -0.39 is 0 Å². The molecule has 148 valence electrons. The van der Waals surface area contributed by atoms with Crippen molar-refractivity contribution in [3.63, 3.8) is 0 Å². The second-order valence-corrected chi connectivity index (χ2v) is 7.51. The molecular formula is C24H25N2O2S+. The first-order chi connectivity index (χ1) is 13.9. The van der Waals surface area contributed by atoms with Gasteiger partial charge in [0, 0.05) is 22.9 Å². The smallest absolute Gasteiger partial charge is 0.288 e. The number of thiocarbonyl (C=S) groups is 1. The molecule has 5 heteroatoms. The quantitative estimate of drug-likeness (QED) is 0.249. The number of nitrogens with zero attached hydrogens (tertiary/aromatic N) is 1. The second-order valence-electron chi connectivity index (χ2n) is 7.10. The summed E-state index contributed by atoms with van der Waals surface area (Å²) >= 11 is 5.68. The third-order valence-electron chi connectivity index (χ3n) is 4.80. The van der Waals surface area contributed by atoms with Crippen LogP contribution >= 0.6 is 12.2 Å². The average Bonchev–Trinajstić information content (AvgIpc) is 2.70. The summed E-state index contributed by atoms with van der Waals surface area (Å²) in [6.45, 7) is 5.95. The van der Waals surface area contributed by atoms with Crippen LogP contribution in [-0.4, -0.2) is 15.2 Å². The first-order valence-corrected chi connectivity index (χ1v) is 9.80. The van der Waals surface area contributed by atoms with Gasteiger partial charge in [0.05, 0.1) is 6.61 Å². The lowest BCUT2D eigenvalue weighted by Gasteiger charge is -2.12. The largest absolute Gasteiger partial charge is 0.502 e. The standard InChI is InChI=1S/C24H24N2O2S/c1-16-6-4-8-21(12-16)25-24(29)22(26-11-5-7-19(14-26)15-27)23(28)20-10-9-17(2)18(3)13-20/h4-14,27H,15H2,1-3H3,(H-,25,28,29)/p+1. The lowest BCUT2D eigenvalue weighted by molar-refractivity contribution is -0.576. The zero-order valence-corrected chi connectivity index (χ0v) is 17.6. The molecular weight excluding hydrogens is 380 g/mol. The lowest BCUT2D eigenvalue weighted by Crippen LogP contribution is -2.39. The van der Waals surface area contributed by atoms with Crippen LogP contribution in [0.5, 0.6) is 0 Å². The molecule has 3 N–H and O–H groups in total. The monoisotopic (exact) mass is 405 g/mol. The number of aliphatic hydroxyl groups is 2. The molecule has 0 aliphatic rings. The zero-order chi connectivity index (χ0) is 21.0. The fraction of sp³-hybridized carbons (Fsp3) is 0.167. The molecule has 2 aromatic carbocycles. The molecule has 0 bridgehead atoms. The minimum Gasteiger partial charge on any atom is -0.502 e. The summed E-state index contributed by atoms with van der Waals surface area (Å²) in [7, 11) is 0. The molecule has 0 atom stereocenters. The Morgan fingerprint density at radius 1 is 1.00 bits per heavy atom. The SMILES string of the molecule is Cc1cccc(NC(=S)/C(=C(/O)c2ccc(C)c(C)c2)[n+]2cccc(CO)c2)c1. The van der Waals surface area contributed by atoms with Crippen molar-refractivity contribution >= 4 is 34.3 Å². The number of aliphatic hydroxyl groups excluding tert-OH is 2. The Labute approximate surface area is 176 Å². The van der Waals surface area contributed by atoms with E-state index in [2.05, 4.69) is 5.32 Å². The molecule has 0 fully saturated rings. The van der Waals surface area contributed by atoms with Crippen LogP contribution in [0.15, 0.2) is 67.0 Å². The van der Waals surface area contributed by atoms with Crippen LogP contribution in [0.1, 0.15) is 27.8 Å². The van der Waals surface area contributed by atoms with Crippen molar-refractivity contribution in [1.29, 1.82) is 0 Å². The molecule has 29 heavy (non-hydrogen) atoms. The van der Waals surface area contributed by atoms with Crippen LogP contribution < -0.4 is 9.88 Å². The van der Waals surface area contributed by atoms with Crippen LogP contribution in [0.25, 0.3) is 11.5 Å². The number of nitrogens with one attached hydrogen (secondary N) is 1. The first kappa shape index (κ1) is 20.7. The third-order valence-corrected chi connectivity index (χ3v) is 5.09. The fourth-order valence-electron chi connectivity index (χ4n) is 3.04. The molecule has 4 nitrogen and oxygen atoms in total. The molecule has 3 rings (SSSR count). The number of anilines is 1. The molecule has 0 spiro atoms. The van der Waals surface area contributed by atoms with Gasteiger partial charge in [-0.25, -0.2) is 0 Å². The Hall–Kier alpha value is -3.02. The van der Waals surface area contributed by atoms with E-state index in [0.29, 0.717) is 16.2 Å². The predicted octanol–water partition coefficient (Wildman–Crippen LogP) is 4.71. The summed E-state index contributed by atoms with van der Waals surface area (Å²) in [6.07, 6.45) is 3.56. The molecule has 0 saturated carbocycles. The summed E-state index contributed by atoms with van der Waals surface area (Å²) in [6, 6.07) is 17.3. The fourth-order valence-corrected chi connectivity index (χ4v) is 3.36. The number of rotatable bonds is 5. The Bertz CT molecular complexity index is 1090. The van der Waals surface area contributed by atoms with E-state index >= 15 is 0 Å². The lowest BCUT2D eigenvalue weighted by atomic mass is 10.0. The molecule has 0 radical (unpaired) electrons. The Morgan fingerprint density at radius 3 is 2.48 bits per heavy atom. The summed E-state index contributed by atoms with van der Waals surface area (Å²) in [5, 5.41) is 23.9. The van der Waals surface area contributed by atoms with Crippen molar-refractivity contribution in [3.8, 4) is 0 Å². The van der Waals surface area contributed by atoms with Gasteiger partial charge in [-0.05, 0) is 61.7 Å². The number of hydrogen-bond donors (Lipinski definition) is 3. The Balaban J connectivity index is 2.12. The summed E-state index contributed by atoms with van der Waals surface area (Å²) in [5.41, 5.74) is 6.03. The van der Waals surface area contributed by atoms with Gasteiger partial charge in [0.15, 0.2) is 23.1 Å². The van der Waals surface area contributed by atoms with Crippen molar-refractivity contribution in [2.24, 2.45) is 0 Å².